The molecule has 1 atom stereocenters. The molecule has 0 saturated carbocycles. The van der Waals surface area contributed by atoms with Crippen molar-refractivity contribution in [3.8, 4) is 0 Å². The van der Waals surface area contributed by atoms with Crippen LogP contribution in [0, 0.1) is 0 Å². The van der Waals surface area contributed by atoms with Gasteiger partial charge in [0.1, 0.15) is 13.2 Å². The second kappa shape index (κ2) is 54.4. The maximum absolute atomic E-state index is 12.8. The van der Waals surface area contributed by atoms with Crippen molar-refractivity contribution in [3.05, 3.63) is 122 Å². The van der Waals surface area contributed by atoms with Crippen LogP contribution >= 0.6 is 0 Å². The number of ether oxygens (including phenoxy) is 3. The molecule has 0 saturated heterocycles. The van der Waals surface area contributed by atoms with Gasteiger partial charge in [0.2, 0.25) is 0 Å². The Kier molecular flexibility index (Phi) is 51.0. The van der Waals surface area contributed by atoms with E-state index in [4.69, 9.17) is 14.2 Å². The molecule has 0 aromatic carbocycles. The summed E-state index contributed by atoms with van der Waals surface area (Å²) < 4.78 is 16.7. The van der Waals surface area contributed by atoms with E-state index in [9.17, 15) is 14.4 Å². The highest BCUT2D eigenvalue weighted by Crippen LogP contribution is 2.13. The molecule has 378 valence electrons. The fourth-order valence-electron chi connectivity index (χ4n) is 6.88. The van der Waals surface area contributed by atoms with E-state index < -0.39 is 6.10 Å². The summed E-state index contributed by atoms with van der Waals surface area (Å²) >= 11 is 0. The Morgan fingerprint density at radius 2 is 0.612 bits per heavy atom. The molecule has 67 heavy (non-hydrogen) atoms. The van der Waals surface area contributed by atoms with Crippen LogP contribution in [0.5, 0.6) is 0 Å². The summed E-state index contributed by atoms with van der Waals surface area (Å²) in [6, 6.07) is 0. The molecule has 0 N–H and O–H groups in total. The third kappa shape index (κ3) is 52.6. The van der Waals surface area contributed by atoms with Crippen molar-refractivity contribution in [3.63, 3.8) is 0 Å². The van der Waals surface area contributed by atoms with Gasteiger partial charge in [-0.15, -0.1) is 0 Å². The Morgan fingerprint density at radius 3 is 1.07 bits per heavy atom. The SMILES string of the molecule is CC/C=C\C/C=C\C/C=C\C/C=C\CCCCC(=O)O[C@H](COC(=O)CC/C=C\C/C=C\C/C=C\C/C=C\C/C=C\CCCCC)COC(=O)CCCCCCCCC/C=C\CCCCCC. The number of carbonyl (C=O) groups excluding carboxylic acids is 3. The van der Waals surface area contributed by atoms with E-state index in [0.29, 0.717) is 19.3 Å². The lowest BCUT2D eigenvalue weighted by Crippen LogP contribution is -2.30. The lowest BCUT2D eigenvalue weighted by Gasteiger charge is -2.18. The van der Waals surface area contributed by atoms with Crippen molar-refractivity contribution in [1.29, 1.82) is 0 Å². The molecule has 0 spiro atoms. The number of rotatable bonds is 47. The third-order valence-corrected chi connectivity index (χ3v) is 10.9. The molecule has 6 heteroatoms. The normalized spacial score (nSPS) is 13.1. The summed E-state index contributed by atoms with van der Waals surface area (Å²) in [6.45, 7) is 6.37. The van der Waals surface area contributed by atoms with E-state index in [1.165, 1.54) is 89.9 Å². The van der Waals surface area contributed by atoms with Gasteiger partial charge in [-0.25, -0.2) is 0 Å². The summed E-state index contributed by atoms with van der Waals surface area (Å²) in [5.41, 5.74) is 0. The zero-order chi connectivity index (χ0) is 48.6. The monoisotopic (exact) mass is 927 g/mol. The average Bonchev–Trinajstić information content (AvgIpc) is 3.33. The van der Waals surface area contributed by atoms with Crippen LogP contribution in [0.2, 0.25) is 0 Å². The first-order valence-electron chi connectivity index (χ1n) is 27.0. The van der Waals surface area contributed by atoms with Crippen LogP contribution in [0.1, 0.15) is 226 Å². The predicted molar refractivity (Wildman–Crippen MR) is 288 cm³/mol. The summed E-state index contributed by atoms with van der Waals surface area (Å²) in [4.78, 5) is 38.0. The van der Waals surface area contributed by atoms with Gasteiger partial charge in [0, 0.05) is 19.3 Å². The first-order valence-corrected chi connectivity index (χ1v) is 27.0. The van der Waals surface area contributed by atoms with Crippen LogP contribution in [0.25, 0.3) is 0 Å². The molecule has 0 aliphatic rings. The number of allylic oxidation sites excluding steroid dienone is 20. The first kappa shape index (κ1) is 62.8. The average molecular weight is 927 g/mol. The minimum Gasteiger partial charge on any atom is -0.462 e. The highest BCUT2D eigenvalue weighted by Gasteiger charge is 2.19. The first-order chi connectivity index (χ1) is 33.0. The Morgan fingerprint density at radius 1 is 0.313 bits per heavy atom. The molecule has 0 aromatic heterocycles. The number of carbonyl (C=O) groups is 3. The third-order valence-electron chi connectivity index (χ3n) is 10.9. The van der Waals surface area contributed by atoms with Crippen LogP contribution in [0.4, 0.5) is 0 Å². The standard InChI is InChI=1S/C61H98O6/c1-4-7-10-13-16-19-22-25-28-29-30-31-34-36-39-42-45-48-51-54-60(63)66-57-58(67-61(64)55-52-49-46-43-40-37-33-27-24-21-18-15-12-9-6-3)56-65-59(62)53-50-47-44-41-38-35-32-26-23-20-17-14-11-8-5-2/h9,12,16,18-21,23,25,27-28,30-31,33,36,39-40,43,45,48,58H,4-8,10-11,13-15,17,22,24,26,29,32,34-35,37-38,41-42,44,46-47,49-57H2,1-3H3/b12-9-,19-16-,21-18-,23-20-,28-25-,31-30-,33-27-,39-36-,43-40-,48-45-/t58-/m0/s1. The fourth-order valence-corrected chi connectivity index (χ4v) is 6.88. The van der Waals surface area contributed by atoms with Crippen molar-refractivity contribution < 1.29 is 28.6 Å². The summed E-state index contributed by atoms with van der Waals surface area (Å²) in [5.74, 6) is -1.06. The van der Waals surface area contributed by atoms with E-state index >= 15 is 0 Å². The molecule has 0 rings (SSSR count). The Hall–Kier alpha value is -4.19. The second-order valence-electron chi connectivity index (χ2n) is 17.4. The summed E-state index contributed by atoms with van der Waals surface area (Å²) in [7, 11) is 0. The molecule has 0 radical (unpaired) electrons. The van der Waals surface area contributed by atoms with Gasteiger partial charge >= 0.3 is 17.9 Å². The van der Waals surface area contributed by atoms with Crippen LogP contribution in [0.3, 0.4) is 0 Å². The van der Waals surface area contributed by atoms with Gasteiger partial charge in [-0.3, -0.25) is 14.4 Å². The van der Waals surface area contributed by atoms with E-state index in [-0.39, 0.29) is 44.0 Å². The molecule has 0 aromatic rings. The van der Waals surface area contributed by atoms with E-state index in [2.05, 4.69) is 130 Å². The number of hydrogen-bond donors (Lipinski definition) is 0. The Balaban J connectivity index is 4.58. The number of hydrogen-bond acceptors (Lipinski definition) is 6. The largest absolute Gasteiger partial charge is 0.462 e. The van der Waals surface area contributed by atoms with E-state index in [1.54, 1.807) is 0 Å². The quantitative estimate of drug-likeness (QED) is 0.0262. The highest BCUT2D eigenvalue weighted by molar-refractivity contribution is 5.71. The van der Waals surface area contributed by atoms with Crippen molar-refractivity contribution in [2.75, 3.05) is 13.2 Å². The van der Waals surface area contributed by atoms with Crippen molar-refractivity contribution >= 4 is 17.9 Å². The predicted octanol–water partition coefficient (Wildman–Crippen LogP) is 18.1. The molecule has 0 amide bonds. The topological polar surface area (TPSA) is 78.9 Å². The Bertz CT molecular complexity index is 1440. The van der Waals surface area contributed by atoms with Crippen LogP contribution in [-0.4, -0.2) is 37.2 Å². The van der Waals surface area contributed by atoms with E-state index in [0.717, 1.165) is 83.5 Å². The lowest BCUT2D eigenvalue weighted by atomic mass is 10.1. The molecular formula is C61H98O6. The molecule has 0 heterocycles. The van der Waals surface area contributed by atoms with Gasteiger partial charge in [0.05, 0.1) is 0 Å². The maximum atomic E-state index is 12.8. The molecule has 6 nitrogen and oxygen atoms in total. The van der Waals surface area contributed by atoms with Gasteiger partial charge < -0.3 is 14.2 Å². The second-order valence-corrected chi connectivity index (χ2v) is 17.4. The number of esters is 3. The summed E-state index contributed by atoms with van der Waals surface area (Å²) in [6.07, 6.45) is 74.8. The minimum atomic E-state index is -0.835. The number of unbranched alkanes of at least 4 members (excludes halogenated alkanes) is 16. The van der Waals surface area contributed by atoms with Gasteiger partial charge in [-0.2, -0.15) is 0 Å². The fraction of sp³-hybridized carbons (Fsp3) is 0.623. The zero-order valence-corrected chi connectivity index (χ0v) is 43.1. The molecule has 0 aliphatic carbocycles. The maximum Gasteiger partial charge on any atom is 0.306 e. The zero-order valence-electron chi connectivity index (χ0n) is 43.1. The van der Waals surface area contributed by atoms with Crippen LogP contribution in [-0.2, 0) is 28.6 Å². The van der Waals surface area contributed by atoms with Gasteiger partial charge in [0.15, 0.2) is 6.10 Å². The molecule has 0 bridgehead atoms. The Labute approximate surface area is 412 Å². The van der Waals surface area contributed by atoms with Gasteiger partial charge in [-0.1, -0.05) is 206 Å². The van der Waals surface area contributed by atoms with Crippen LogP contribution in [0.15, 0.2) is 122 Å². The van der Waals surface area contributed by atoms with Crippen molar-refractivity contribution in [2.45, 2.75) is 232 Å². The molecule has 0 fully saturated rings. The van der Waals surface area contributed by atoms with Crippen LogP contribution < -0.4 is 0 Å². The summed E-state index contributed by atoms with van der Waals surface area (Å²) in [5, 5.41) is 0. The van der Waals surface area contributed by atoms with Gasteiger partial charge in [-0.05, 0) is 122 Å². The molecule has 0 unspecified atom stereocenters. The molecular weight excluding hydrogens is 829 g/mol. The van der Waals surface area contributed by atoms with Crippen molar-refractivity contribution in [1.82, 2.24) is 0 Å². The lowest BCUT2D eigenvalue weighted by molar-refractivity contribution is -0.166. The smallest absolute Gasteiger partial charge is 0.306 e. The molecule has 0 aliphatic heterocycles. The van der Waals surface area contributed by atoms with Crippen molar-refractivity contribution in [2.24, 2.45) is 0 Å². The highest BCUT2D eigenvalue weighted by atomic mass is 16.6. The van der Waals surface area contributed by atoms with E-state index in [1.807, 2.05) is 12.2 Å². The van der Waals surface area contributed by atoms with Gasteiger partial charge in [0.25, 0.3) is 0 Å². The minimum absolute atomic E-state index is 0.123.